The molecule has 2 aliphatic rings. The van der Waals surface area contributed by atoms with Gasteiger partial charge in [-0.1, -0.05) is 13.8 Å². The Morgan fingerprint density at radius 3 is 2.36 bits per heavy atom. The van der Waals surface area contributed by atoms with Gasteiger partial charge in [0.25, 0.3) is 0 Å². The molecule has 2 aliphatic heterocycles. The van der Waals surface area contributed by atoms with E-state index in [1.165, 1.54) is 11.3 Å². The fraction of sp³-hybridized carbons (Fsp3) is 0.476. The standard InChI is InChI=1S/C21H24F2N2/c1-3-13-11-16(18(23)12-17(13)22)20-15-8-6-10-25-9-5-7-14(21(15)25)19(4-2)24-20/h11-12H,3-10H2,1-2H3. The summed E-state index contributed by atoms with van der Waals surface area (Å²) in [5, 5.41) is 0. The predicted molar refractivity (Wildman–Crippen MR) is 97.2 cm³/mol. The van der Waals surface area contributed by atoms with Gasteiger partial charge in [0, 0.05) is 41.7 Å². The Kier molecular flexibility index (Phi) is 4.22. The Morgan fingerprint density at radius 2 is 1.68 bits per heavy atom. The summed E-state index contributed by atoms with van der Waals surface area (Å²) in [7, 11) is 0. The van der Waals surface area contributed by atoms with Crippen molar-refractivity contribution in [3.63, 3.8) is 0 Å². The monoisotopic (exact) mass is 342 g/mol. The Hall–Kier alpha value is -1.97. The molecule has 0 fully saturated rings. The Bertz CT molecular complexity index is 827. The molecule has 0 unspecified atom stereocenters. The van der Waals surface area contributed by atoms with Gasteiger partial charge in [-0.25, -0.2) is 8.78 Å². The first-order chi connectivity index (χ1) is 12.1. The smallest absolute Gasteiger partial charge is 0.135 e. The van der Waals surface area contributed by atoms with Crippen molar-refractivity contribution in [1.29, 1.82) is 0 Å². The molecule has 3 heterocycles. The van der Waals surface area contributed by atoms with Crippen molar-refractivity contribution < 1.29 is 8.78 Å². The summed E-state index contributed by atoms with van der Waals surface area (Å²) in [6.07, 6.45) is 5.59. The number of benzene rings is 1. The summed E-state index contributed by atoms with van der Waals surface area (Å²) >= 11 is 0. The second kappa shape index (κ2) is 6.40. The summed E-state index contributed by atoms with van der Waals surface area (Å²) in [6.45, 7) is 6.14. The molecule has 4 heteroatoms. The van der Waals surface area contributed by atoms with Crippen molar-refractivity contribution in [3.05, 3.63) is 46.2 Å². The lowest BCUT2D eigenvalue weighted by Crippen LogP contribution is -2.35. The number of pyridine rings is 1. The Morgan fingerprint density at radius 1 is 0.960 bits per heavy atom. The SMILES string of the molecule is CCc1cc(-c2nc(CC)c3c4c2CCCN4CCC3)c(F)cc1F. The van der Waals surface area contributed by atoms with Crippen LogP contribution in [0.15, 0.2) is 12.1 Å². The van der Waals surface area contributed by atoms with Crippen LogP contribution >= 0.6 is 0 Å². The first-order valence-electron chi connectivity index (χ1n) is 9.41. The van der Waals surface area contributed by atoms with E-state index in [-0.39, 0.29) is 0 Å². The Balaban J connectivity index is 1.99. The third-order valence-electron chi connectivity index (χ3n) is 5.59. The highest BCUT2D eigenvalue weighted by Crippen LogP contribution is 2.42. The van der Waals surface area contributed by atoms with E-state index >= 15 is 0 Å². The lowest BCUT2D eigenvalue weighted by Gasteiger charge is -2.38. The predicted octanol–water partition coefficient (Wildman–Crippen LogP) is 4.85. The molecule has 2 nitrogen and oxygen atoms in total. The van der Waals surface area contributed by atoms with Gasteiger partial charge in [0.05, 0.1) is 5.69 Å². The number of aryl methyl sites for hydroxylation is 2. The van der Waals surface area contributed by atoms with E-state index in [1.807, 2.05) is 6.92 Å². The minimum Gasteiger partial charge on any atom is -0.371 e. The number of nitrogens with zero attached hydrogens (tertiary/aromatic N) is 2. The molecule has 0 bridgehead atoms. The summed E-state index contributed by atoms with van der Waals surface area (Å²) < 4.78 is 28.6. The van der Waals surface area contributed by atoms with Gasteiger partial charge in [0.15, 0.2) is 0 Å². The van der Waals surface area contributed by atoms with Gasteiger partial charge in [-0.05, 0) is 55.7 Å². The number of halogens is 2. The number of rotatable bonds is 3. The van der Waals surface area contributed by atoms with E-state index in [1.54, 1.807) is 6.07 Å². The minimum absolute atomic E-state index is 0.457. The van der Waals surface area contributed by atoms with Crippen LogP contribution in [-0.2, 0) is 25.7 Å². The highest BCUT2D eigenvalue weighted by molar-refractivity contribution is 5.76. The fourth-order valence-corrected chi connectivity index (χ4v) is 4.37. The quantitative estimate of drug-likeness (QED) is 0.793. The van der Waals surface area contributed by atoms with Gasteiger partial charge in [-0.2, -0.15) is 0 Å². The summed E-state index contributed by atoms with van der Waals surface area (Å²) in [6, 6.07) is 2.69. The third kappa shape index (κ3) is 2.62. The summed E-state index contributed by atoms with van der Waals surface area (Å²) in [5.74, 6) is -0.971. The topological polar surface area (TPSA) is 16.1 Å². The van der Waals surface area contributed by atoms with Gasteiger partial charge in [0.1, 0.15) is 11.6 Å². The van der Waals surface area contributed by atoms with E-state index in [0.717, 1.165) is 68.2 Å². The third-order valence-corrected chi connectivity index (χ3v) is 5.59. The molecule has 0 saturated heterocycles. The van der Waals surface area contributed by atoms with E-state index in [0.29, 0.717) is 17.5 Å². The average Bonchev–Trinajstić information content (AvgIpc) is 2.63. The molecule has 0 spiro atoms. The molecule has 0 amide bonds. The van der Waals surface area contributed by atoms with E-state index in [9.17, 15) is 8.78 Å². The first-order valence-corrected chi connectivity index (χ1v) is 9.41. The van der Waals surface area contributed by atoms with Crippen LogP contribution < -0.4 is 4.90 Å². The lowest BCUT2D eigenvalue weighted by molar-refractivity contribution is 0.574. The van der Waals surface area contributed by atoms with Gasteiger partial charge in [-0.15, -0.1) is 0 Å². The molecule has 1 aromatic heterocycles. The molecule has 0 aliphatic carbocycles. The van der Waals surface area contributed by atoms with Gasteiger partial charge in [-0.3, -0.25) is 4.98 Å². The maximum atomic E-state index is 14.7. The van der Waals surface area contributed by atoms with Gasteiger partial charge < -0.3 is 4.90 Å². The molecular formula is C21H24F2N2. The van der Waals surface area contributed by atoms with Crippen molar-refractivity contribution >= 4 is 5.69 Å². The van der Waals surface area contributed by atoms with Gasteiger partial charge in [0.2, 0.25) is 0 Å². The molecule has 0 N–H and O–H groups in total. The molecule has 0 atom stereocenters. The van der Waals surface area contributed by atoms with Crippen molar-refractivity contribution in [2.24, 2.45) is 0 Å². The van der Waals surface area contributed by atoms with Crippen LogP contribution in [0.1, 0.15) is 49.1 Å². The van der Waals surface area contributed by atoms with E-state index in [4.69, 9.17) is 4.98 Å². The van der Waals surface area contributed by atoms with Crippen molar-refractivity contribution in [3.8, 4) is 11.3 Å². The number of anilines is 1. The zero-order chi connectivity index (χ0) is 17.6. The highest BCUT2D eigenvalue weighted by atomic mass is 19.1. The van der Waals surface area contributed by atoms with E-state index < -0.39 is 11.6 Å². The van der Waals surface area contributed by atoms with Crippen molar-refractivity contribution in [2.45, 2.75) is 52.4 Å². The number of hydrogen-bond acceptors (Lipinski definition) is 2. The maximum absolute atomic E-state index is 14.7. The van der Waals surface area contributed by atoms with E-state index in [2.05, 4.69) is 11.8 Å². The van der Waals surface area contributed by atoms with Crippen LogP contribution in [0.5, 0.6) is 0 Å². The van der Waals surface area contributed by atoms with Crippen LogP contribution in [0.4, 0.5) is 14.5 Å². The summed E-state index contributed by atoms with van der Waals surface area (Å²) in [5.41, 5.74) is 6.61. The molecule has 4 rings (SSSR count). The maximum Gasteiger partial charge on any atom is 0.135 e. The number of aromatic nitrogens is 1. The molecule has 1 aromatic carbocycles. The number of hydrogen-bond donors (Lipinski definition) is 0. The van der Waals surface area contributed by atoms with Crippen molar-refractivity contribution in [2.75, 3.05) is 18.0 Å². The Labute approximate surface area is 147 Å². The highest BCUT2D eigenvalue weighted by Gasteiger charge is 2.30. The zero-order valence-corrected chi connectivity index (χ0v) is 15.0. The van der Waals surface area contributed by atoms with Crippen LogP contribution in [0, 0.1) is 11.6 Å². The molecule has 0 saturated carbocycles. The second-order valence-electron chi connectivity index (χ2n) is 7.04. The average molecular weight is 342 g/mol. The van der Waals surface area contributed by atoms with Crippen LogP contribution in [0.2, 0.25) is 0 Å². The van der Waals surface area contributed by atoms with Crippen LogP contribution in [0.3, 0.4) is 0 Å². The van der Waals surface area contributed by atoms with Crippen LogP contribution in [-0.4, -0.2) is 18.1 Å². The fourth-order valence-electron chi connectivity index (χ4n) is 4.37. The molecule has 25 heavy (non-hydrogen) atoms. The molecule has 2 aromatic rings. The molecule has 0 radical (unpaired) electrons. The van der Waals surface area contributed by atoms with Crippen molar-refractivity contribution in [1.82, 2.24) is 4.98 Å². The second-order valence-corrected chi connectivity index (χ2v) is 7.04. The molecule has 132 valence electrons. The molecular weight excluding hydrogens is 318 g/mol. The zero-order valence-electron chi connectivity index (χ0n) is 15.0. The largest absolute Gasteiger partial charge is 0.371 e. The minimum atomic E-state index is -0.506. The van der Waals surface area contributed by atoms with Gasteiger partial charge >= 0.3 is 0 Å². The van der Waals surface area contributed by atoms with Crippen LogP contribution in [0.25, 0.3) is 11.3 Å². The first kappa shape index (κ1) is 16.5. The summed E-state index contributed by atoms with van der Waals surface area (Å²) in [4.78, 5) is 7.34. The normalized spacial score (nSPS) is 16.1. The lowest BCUT2D eigenvalue weighted by atomic mass is 9.87.